The first-order chi connectivity index (χ1) is 13.1. The normalized spacial score (nSPS) is 13.0. The number of nitrogens with zero attached hydrogens (tertiary/aromatic N) is 5. The first kappa shape index (κ1) is 17.1. The molecule has 2 N–H and O–H groups in total. The van der Waals surface area contributed by atoms with Crippen LogP contribution in [-0.4, -0.2) is 36.7 Å². The molecule has 0 radical (unpaired) electrons. The average molecular weight is 376 g/mol. The van der Waals surface area contributed by atoms with Crippen molar-refractivity contribution in [3.63, 3.8) is 0 Å². The summed E-state index contributed by atoms with van der Waals surface area (Å²) in [6.07, 6.45) is 7.03. The van der Waals surface area contributed by atoms with Crippen LogP contribution in [0.3, 0.4) is 0 Å². The summed E-state index contributed by atoms with van der Waals surface area (Å²) in [5.74, 6) is 6.35. The molecule has 0 aliphatic heterocycles. The molecular weight excluding hydrogens is 360 g/mol. The van der Waals surface area contributed by atoms with Gasteiger partial charge < -0.3 is 15.0 Å². The molecule has 0 spiro atoms. The molecule has 8 heteroatoms. The summed E-state index contributed by atoms with van der Waals surface area (Å²) in [5, 5.41) is 16.8. The van der Waals surface area contributed by atoms with Crippen LogP contribution in [0.5, 0.6) is 0 Å². The van der Waals surface area contributed by atoms with Gasteiger partial charge in [-0.2, -0.15) is 4.98 Å². The highest BCUT2D eigenvalue weighted by molar-refractivity contribution is 7.09. The molecule has 7 nitrogen and oxygen atoms in total. The highest BCUT2D eigenvalue weighted by Crippen LogP contribution is 2.22. The smallest absolute Gasteiger partial charge is 0.224 e. The number of fused-ring (bicyclic) bond motifs is 1. The lowest BCUT2D eigenvalue weighted by Gasteiger charge is -2.11. The molecule has 0 bridgehead atoms. The van der Waals surface area contributed by atoms with Crippen LogP contribution < -0.4 is 5.32 Å². The summed E-state index contributed by atoms with van der Waals surface area (Å²) in [4.78, 5) is 17.2. The van der Waals surface area contributed by atoms with Crippen molar-refractivity contribution in [2.75, 3.05) is 12.4 Å². The van der Waals surface area contributed by atoms with Crippen molar-refractivity contribution in [2.24, 2.45) is 0 Å². The Bertz CT molecular complexity index is 1150. The van der Waals surface area contributed by atoms with Gasteiger partial charge in [0.25, 0.3) is 0 Å². The maximum atomic E-state index is 10.5. The van der Waals surface area contributed by atoms with Crippen molar-refractivity contribution in [3.05, 3.63) is 59.1 Å². The van der Waals surface area contributed by atoms with E-state index in [9.17, 15) is 5.11 Å². The number of nitrogens with one attached hydrogen (secondary N) is 1. The highest BCUT2D eigenvalue weighted by Gasteiger charge is 2.22. The van der Waals surface area contributed by atoms with E-state index in [0.29, 0.717) is 16.6 Å². The standard InChI is InChI=1S/C19H16N6OS/c1-19(26,17-22-8-10-27-17)6-3-14-11-15(4-7-21-14)25-9-5-13-12-23-18(20-2)24-16(13)25/h4-5,7-12,26H,1-2H3,(H,20,23,24). The maximum Gasteiger partial charge on any atom is 0.224 e. The maximum absolute atomic E-state index is 10.5. The van der Waals surface area contributed by atoms with Gasteiger partial charge in [-0.25, -0.2) is 15.0 Å². The summed E-state index contributed by atoms with van der Waals surface area (Å²) in [6, 6.07) is 5.68. The second kappa shape index (κ2) is 6.79. The third-order valence-electron chi connectivity index (χ3n) is 3.96. The first-order valence-corrected chi connectivity index (χ1v) is 9.08. The topological polar surface area (TPSA) is 88.8 Å². The number of aromatic nitrogens is 5. The zero-order valence-corrected chi connectivity index (χ0v) is 15.5. The van der Waals surface area contributed by atoms with E-state index in [-0.39, 0.29) is 0 Å². The number of aliphatic hydroxyl groups is 1. The van der Waals surface area contributed by atoms with Gasteiger partial charge in [-0.1, -0.05) is 5.92 Å². The third kappa shape index (κ3) is 3.38. The summed E-state index contributed by atoms with van der Waals surface area (Å²) < 4.78 is 1.95. The van der Waals surface area contributed by atoms with E-state index in [1.54, 1.807) is 32.6 Å². The van der Waals surface area contributed by atoms with E-state index < -0.39 is 5.60 Å². The minimum absolute atomic E-state index is 0.550. The second-order valence-corrected chi connectivity index (χ2v) is 6.86. The van der Waals surface area contributed by atoms with Gasteiger partial charge in [0.1, 0.15) is 16.3 Å². The molecule has 1 unspecified atom stereocenters. The van der Waals surface area contributed by atoms with Gasteiger partial charge in [-0.3, -0.25) is 0 Å². The largest absolute Gasteiger partial charge is 0.371 e. The summed E-state index contributed by atoms with van der Waals surface area (Å²) >= 11 is 1.36. The Labute approximate surface area is 159 Å². The van der Waals surface area contributed by atoms with Crippen molar-refractivity contribution >= 4 is 28.3 Å². The van der Waals surface area contributed by atoms with Crippen LogP contribution in [0.25, 0.3) is 16.7 Å². The van der Waals surface area contributed by atoms with Gasteiger partial charge in [0.15, 0.2) is 5.60 Å². The van der Waals surface area contributed by atoms with E-state index in [2.05, 4.69) is 37.1 Å². The second-order valence-electron chi connectivity index (χ2n) is 5.97. The van der Waals surface area contributed by atoms with Crippen LogP contribution in [-0.2, 0) is 5.60 Å². The van der Waals surface area contributed by atoms with Gasteiger partial charge >= 0.3 is 0 Å². The van der Waals surface area contributed by atoms with Gasteiger partial charge in [0.2, 0.25) is 5.95 Å². The monoisotopic (exact) mass is 376 g/mol. The average Bonchev–Trinajstić information content (AvgIpc) is 3.36. The minimum atomic E-state index is -1.32. The predicted molar refractivity (Wildman–Crippen MR) is 105 cm³/mol. The molecule has 4 aromatic rings. The van der Waals surface area contributed by atoms with Gasteiger partial charge in [-0.05, 0) is 31.0 Å². The Morgan fingerprint density at radius 2 is 2.11 bits per heavy atom. The van der Waals surface area contributed by atoms with E-state index in [1.807, 2.05) is 34.3 Å². The number of anilines is 1. The Hall–Kier alpha value is -3.28. The van der Waals surface area contributed by atoms with E-state index in [4.69, 9.17) is 0 Å². The van der Waals surface area contributed by atoms with Crippen LogP contribution in [0.4, 0.5) is 5.95 Å². The molecule has 0 saturated carbocycles. The van der Waals surface area contributed by atoms with Crippen molar-refractivity contribution in [3.8, 4) is 17.5 Å². The molecule has 4 heterocycles. The minimum Gasteiger partial charge on any atom is -0.371 e. The zero-order chi connectivity index (χ0) is 18.9. The molecule has 0 aromatic carbocycles. The molecule has 4 aromatic heterocycles. The lowest BCUT2D eigenvalue weighted by Crippen LogP contribution is -2.18. The fourth-order valence-corrected chi connectivity index (χ4v) is 3.24. The number of thiazole rings is 1. The Morgan fingerprint density at radius 3 is 2.89 bits per heavy atom. The van der Waals surface area contributed by atoms with Crippen LogP contribution in [0.2, 0.25) is 0 Å². The van der Waals surface area contributed by atoms with E-state index in [1.165, 1.54) is 11.3 Å². The highest BCUT2D eigenvalue weighted by atomic mass is 32.1. The zero-order valence-electron chi connectivity index (χ0n) is 14.7. The van der Waals surface area contributed by atoms with Crippen molar-refractivity contribution in [1.29, 1.82) is 0 Å². The SMILES string of the molecule is CNc1ncc2ccn(-c3ccnc(C#CC(C)(O)c4nccs4)c3)c2n1. The molecule has 1 atom stereocenters. The fraction of sp³-hybridized carbons (Fsp3) is 0.158. The quantitative estimate of drug-likeness (QED) is 0.534. The van der Waals surface area contributed by atoms with E-state index in [0.717, 1.165) is 16.7 Å². The molecule has 0 saturated heterocycles. The van der Waals surface area contributed by atoms with Crippen LogP contribution >= 0.6 is 11.3 Å². The Morgan fingerprint density at radius 1 is 1.22 bits per heavy atom. The molecule has 0 fully saturated rings. The first-order valence-electron chi connectivity index (χ1n) is 8.20. The predicted octanol–water partition coefficient (Wildman–Crippen LogP) is 2.57. The molecule has 27 heavy (non-hydrogen) atoms. The summed E-state index contributed by atoms with van der Waals surface area (Å²) in [6.45, 7) is 1.62. The Balaban J connectivity index is 1.71. The van der Waals surface area contributed by atoms with E-state index >= 15 is 0 Å². The van der Waals surface area contributed by atoms with Crippen molar-refractivity contribution in [2.45, 2.75) is 12.5 Å². The molecule has 0 aliphatic rings. The molecular formula is C19H16N6OS. The van der Waals surface area contributed by atoms with Crippen molar-refractivity contribution < 1.29 is 5.11 Å². The number of pyridine rings is 1. The van der Waals surface area contributed by atoms with Gasteiger partial charge in [0, 0.05) is 42.6 Å². The van der Waals surface area contributed by atoms with Gasteiger partial charge in [0.05, 0.1) is 5.69 Å². The molecule has 134 valence electrons. The Kier molecular flexibility index (Phi) is 4.32. The third-order valence-corrected chi connectivity index (χ3v) is 4.94. The lowest BCUT2D eigenvalue weighted by atomic mass is 10.1. The van der Waals surface area contributed by atoms with Crippen LogP contribution in [0, 0.1) is 11.8 Å². The van der Waals surface area contributed by atoms with Crippen molar-refractivity contribution in [1.82, 2.24) is 24.5 Å². The van der Waals surface area contributed by atoms with Crippen LogP contribution in [0.15, 0.2) is 48.4 Å². The molecule has 0 amide bonds. The van der Waals surface area contributed by atoms with Crippen LogP contribution in [0.1, 0.15) is 17.6 Å². The van der Waals surface area contributed by atoms with Gasteiger partial charge in [-0.15, -0.1) is 11.3 Å². The molecule has 4 rings (SSSR count). The number of hydrogen-bond donors (Lipinski definition) is 2. The fourth-order valence-electron chi connectivity index (χ4n) is 2.59. The summed E-state index contributed by atoms with van der Waals surface area (Å²) in [5.41, 5.74) is 0.892. The molecule has 0 aliphatic carbocycles. The number of hydrogen-bond acceptors (Lipinski definition) is 7. The number of rotatable bonds is 3. The lowest BCUT2D eigenvalue weighted by molar-refractivity contribution is 0.122. The summed E-state index contributed by atoms with van der Waals surface area (Å²) in [7, 11) is 1.78.